The van der Waals surface area contributed by atoms with E-state index < -0.39 is 11.7 Å². The molecule has 0 bridgehead atoms. The Morgan fingerprint density at radius 2 is 2.06 bits per heavy atom. The molecule has 2 nitrogen and oxygen atoms in total. The van der Waals surface area contributed by atoms with Crippen molar-refractivity contribution >= 4 is 0 Å². The van der Waals surface area contributed by atoms with Crippen LogP contribution in [-0.4, -0.2) is 31.1 Å². The number of likely N-dealkylation sites (N-methyl/N-ethyl adjacent to an activating group) is 1. The van der Waals surface area contributed by atoms with Gasteiger partial charge in [0.15, 0.2) is 0 Å². The van der Waals surface area contributed by atoms with Crippen molar-refractivity contribution in [1.82, 2.24) is 4.90 Å². The number of alkyl halides is 3. The zero-order chi connectivity index (χ0) is 13.2. The molecule has 18 heavy (non-hydrogen) atoms. The van der Waals surface area contributed by atoms with E-state index in [2.05, 4.69) is 4.90 Å². The Morgan fingerprint density at radius 3 is 2.67 bits per heavy atom. The number of hydrogen-bond acceptors (Lipinski definition) is 2. The lowest BCUT2D eigenvalue weighted by Crippen LogP contribution is -2.19. The number of rotatable bonds is 3. The van der Waals surface area contributed by atoms with E-state index in [9.17, 15) is 13.2 Å². The topological polar surface area (TPSA) is 12.5 Å². The minimum Gasteiger partial charge on any atom is -0.372 e. The highest BCUT2D eigenvalue weighted by Crippen LogP contribution is 2.32. The summed E-state index contributed by atoms with van der Waals surface area (Å²) in [5.74, 6) is 0. The fourth-order valence-electron chi connectivity index (χ4n) is 2.16. The first-order valence-corrected chi connectivity index (χ1v) is 5.92. The molecule has 0 saturated carbocycles. The summed E-state index contributed by atoms with van der Waals surface area (Å²) in [5.41, 5.74) is -0.393. The van der Waals surface area contributed by atoms with Gasteiger partial charge in [-0.1, -0.05) is 18.2 Å². The first-order valence-electron chi connectivity index (χ1n) is 5.92. The van der Waals surface area contributed by atoms with Gasteiger partial charge in [0.25, 0.3) is 0 Å². The van der Waals surface area contributed by atoms with Gasteiger partial charge in [0, 0.05) is 13.1 Å². The van der Waals surface area contributed by atoms with E-state index in [0.29, 0.717) is 0 Å². The molecule has 0 radical (unpaired) electrons. The van der Waals surface area contributed by atoms with E-state index in [1.807, 2.05) is 7.05 Å². The van der Waals surface area contributed by atoms with Crippen LogP contribution in [-0.2, 0) is 17.5 Å². The van der Waals surface area contributed by atoms with Gasteiger partial charge < -0.3 is 9.64 Å². The molecule has 1 aliphatic rings. The molecule has 1 aliphatic heterocycles. The number of hydrogen-bond donors (Lipinski definition) is 0. The van der Waals surface area contributed by atoms with Crippen LogP contribution in [0.4, 0.5) is 13.2 Å². The largest absolute Gasteiger partial charge is 0.416 e. The van der Waals surface area contributed by atoms with Gasteiger partial charge in [-0.2, -0.15) is 13.2 Å². The maximum Gasteiger partial charge on any atom is 0.416 e. The molecule has 100 valence electrons. The van der Waals surface area contributed by atoms with Crippen molar-refractivity contribution in [3.05, 3.63) is 35.4 Å². The van der Waals surface area contributed by atoms with E-state index in [-0.39, 0.29) is 18.3 Å². The third kappa shape index (κ3) is 3.23. The van der Waals surface area contributed by atoms with Gasteiger partial charge >= 0.3 is 6.18 Å². The maximum absolute atomic E-state index is 12.7. The van der Waals surface area contributed by atoms with Gasteiger partial charge in [0.2, 0.25) is 0 Å². The lowest BCUT2D eigenvalue weighted by Gasteiger charge is -2.15. The summed E-state index contributed by atoms with van der Waals surface area (Å²) in [4.78, 5) is 2.11. The van der Waals surface area contributed by atoms with Gasteiger partial charge in [0.1, 0.15) is 0 Å². The highest BCUT2D eigenvalue weighted by atomic mass is 19.4. The standard InChI is InChI=1S/C13H16F3NO/c1-17-7-6-11(8-17)18-9-10-4-2-3-5-12(10)13(14,15)16/h2-5,11H,6-9H2,1H3. The van der Waals surface area contributed by atoms with Crippen LogP contribution in [0.2, 0.25) is 0 Å². The Hall–Kier alpha value is -1.07. The van der Waals surface area contributed by atoms with Crippen LogP contribution in [0.1, 0.15) is 17.5 Å². The molecule has 1 fully saturated rings. The summed E-state index contributed by atoms with van der Waals surface area (Å²) in [5, 5.41) is 0. The fourth-order valence-corrected chi connectivity index (χ4v) is 2.16. The minimum atomic E-state index is -4.31. The number of nitrogens with zero attached hydrogens (tertiary/aromatic N) is 1. The summed E-state index contributed by atoms with van der Waals surface area (Å²) in [7, 11) is 1.98. The lowest BCUT2D eigenvalue weighted by molar-refractivity contribution is -0.139. The molecular formula is C13H16F3NO. The SMILES string of the molecule is CN1CCC(OCc2ccccc2C(F)(F)F)C1. The molecule has 5 heteroatoms. The van der Waals surface area contributed by atoms with Crippen LogP contribution >= 0.6 is 0 Å². The van der Waals surface area contributed by atoms with Crippen LogP contribution in [0.25, 0.3) is 0 Å². The van der Waals surface area contributed by atoms with Gasteiger partial charge in [-0.05, 0) is 25.1 Å². The molecule has 2 rings (SSSR count). The van der Waals surface area contributed by atoms with Crippen LogP contribution in [0.15, 0.2) is 24.3 Å². The van der Waals surface area contributed by atoms with Crippen molar-refractivity contribution in [3.8, 4) is 0 Å². The number of benzene rings is 1. The fraction of sp³-hybridized carbons (Fsp3) is 0.538. The third-order valence-electron chi connectivity index (χ3n) is 3.15. The van der Waals surface area contributed by atoms with E-state index in [1.54, 1.807) is 6.07 Å². The molecule has 1 saturated heterocycles. The van der Waals surface area contributed by atoms with Gasteiger partial charge in [0.05, 0.1) is 18.3 Å². The van der Waals surface area contributed by atoms with E-state index in [4.69, 9.17) is 4.74 Å². The van der Waals surface area contributed by atoms with E-state index in [1.165, 1.54) is 12.1 Å². The summed E-state index contributed by atoms with van der Waals surface area (Å²) in [6, 6.07) is 5.57. The minimum absolute atomic E-state index is 0.0220. The summed E-state index contributed by atoms with van der Waals surface area (Å²) in [6.07, 6.45) is -3.40. The van der Waals surface area contributed by atoms with Gasteiger partial charge in [-0.25, -0.2) is 0 Å². The highest BCUT2D eigenvalue weighted by Gasteiger charge is 2.33. The first kappa shape index (κ1) is 13.4. The molecular weight excluding hydrogens is 243 g/mol. The average molecular weight is 259 g/mol. The lowest BCUT2D eigenvalue weighted by atomic mass is 10.1. The molecule has 0 aliphatic carbocycles. The van der Waals surface area contributed by atoms with Gasteiger partial charge in [-0.3, -0.25) is 0 Å². The second-order valence-corrected chi connectivity index (χ2v) is 4.64. The monoisotopic (exact) mass is 259 g/mol. The Morgan fingerprint density at radius 1 is 1.33 bits per heavy atom. The molecule has 1 aromatic rings. The quantitative estimate of drug-likeness (QED) is 0.827. The van der Waals surface area contributed by atoms with Crippen LogP contribution in [0.5, 0.6) is 0 Å². The summed E-state index contributed by atoms with van der Waals surface area (Å²) in [6.45, 7) is 1.74. The zero-order valence-corrected chi connectivity index (χ0v) is 10.2. The van der Waals surface area contributed by atoms with Crippen LogP contribution in [0, 0.1) is 0 Å². The molecule has 1 unspecified atom stereocenters. The Bertz CT molecular complexity index is 405. The van der Waals surface area contributed by atoms with Crippen molar-refractivity contribution in [1.29, 1.82) is 0 Å². The molecule has 0 aromatic heterocycles. The Kier molecular flexibility index (Phi) is 3.92. The van der Waals surface area contributed by atoms with Gasteiger partial charge in [-0.15, -0.1) is 0 Å². The predicted octanol–water partition coefficient (Wildman–Crippen LogP) is 2.93. The smallest absolute Gasteiger partial charge is 0.372 e. The summed E-state index contributed by atoms with van der Waals surface area (Å²) >= 11 is 0. The predicted molar refractivity (Wildman–Crippen MR) is 62.1 cm³/mol. The number of likely N-dealkylation sites (tertiary alicyclic amines) is 1. The molecule has 0 N–H and O–H groups in total. The summed E-state index contributed by atoms with van der Waals surface area (Å²) < 4.78 is 43.8. The average Bonchev–Trinajstić information content (AvgIpc) is 2.72. The molecule has 1 aromatic carbocycles. The maximum atomic E-state index is 12.7. The molecule has 0 amide bonds. The second-order valence-electron chi connectivity index (χ2n) is 4.64. The highest BCUT2D eigenvalue weighted by molar-refractivity contribution is 5.29. The Labute approximate surface area is 104 Å². The normalized spacial score (nSPS) is 21.4. The Balaban J connectivity index is 2.01. The van der Waals surface area contributed by atoms with Crippen molar-refractivity contribution in [3.63, 3.8) is 0 Å². The molecule has 1 atom stereocenters. The number of ether oxygens (including phenoxy) is 1. The van der Waals surface area contributed by atoms with Crippen LogP contribution < -0.4 is 0 Å². The third-order valence-corrected chi connectivity index (χ3v) is 3.15. The zero-order valence-electron chi connectivity index (χ0n) is 10.2. The van der Waals surface area contributed by atoms with Crippen molar-refractivity contribution in [2.45, 2.75) is 25.3 Å². The van der Waals surface area contributed by atoms with E-state index >= 15 is 0 Å². The number of halogens is 3. The van der Waals surface area contributed by atoms with Crippen molar-refractivity contribution in [2.75, 3.05) is 20.1 Å². The van der Waals surface area contributed by atoms with Crippen LogP contribution in [0.3, 0.4) is 0 Å². The molecule has 1 heterocycles. The molecule has 0 spiro atoms. The van der Waals surface area contributed by atoms with E-state index in [0.717, 1.165) is 25.6 Å². The van der Waals surface area contributed by atoms with Crippen molar-refractivity contribution < 1.29 is 17.9 Å². The second kappa shape index (κ2) is 5.28. The first-order chi connectivity index (χ1) is 8.47. The van der Waals surface area contributed by atoms with Crippen molar-refractivity contribution in [2.24, 2.45) is 0 Å².